The zero-order valence-electron chi connectivity index (χ0n) is 16.6. The number of nitrogens with zero attached hydrogens (tertiary/aromatic N) is 3. The minimum Gasteiger partial charge on any atom is -0.321 e. The molecule has 2 aromatic carbocycles. The average molecular weight is 386 g/mol. The van der Waals surface area contributed by atoms with Crippen LogP contribution in [0.4, 0.5) is 17.3 Å². The Labute approximate surface area is 169 Å². The van der Waals surface area contributed by atoms with Crippen LogP contribution < -0.4 is 10.2 Å². The number of anilines is 3. The molecule has 1 atom stereocenters. The molecular weight excluding hydrogens is 364 g/mol. The summed E-state index contributed by atoms with van der Waals surface area (Å²) >= 11 is 0. The van der Waals surface area contributed by atoms with Crippen LogP contribution in [0.5, 0.6) is 0 Å². The number of ketones is 1. The van der Waals surface area contributed by atoms with Crippen molar-refractivity contribution in [2.75, 3.05) is 10.2 Å². The lowest BCUT2D eigenvalue weighted by atomic mass is 10.1. The Morgan fingerprint density at radius 1 is 1.07 bits per heavy atom. The molecule has 0 bridgehead atoms. The third-order valence-corrected chi connectivity index (χ3v) is 5.02. The second-order valence-corrected chi connectivity index (χ2v) is 7.34. The van der Waals surface area contributed by atoms with Crippen LogP contribution in [0.3, 0.4) is 0 Å². The molecule has 1 N–H and O–H groups in total. The molecule has 1 amide bonds. The number of aromatic nitrogens is 2. The maximum atomic E-state index is 12.8. The molecule has 0 saturated heterocycles. The summed E-state index contributed by atoms with van der Waals surface area (Å²) in [6, 6.07) is 16.9. The van der Waals surface area contributed by atoms with E-state index >= 15 is 0 Å². The number of fused-ring (bicyclic) bond motifs is 1. The van der Waals surface area contributed by atoms with E-state index in [9.17, 15) is 9.59 Å². The van der Waals surface area contributed by atoms with E-state index in [-0.39, 0.29) is 23.4 Å². The first-order chi connectivity index (χ1) is 13.9. The fourth-order valence-electron chi connectivity index (χ4n) is 3.66. The number of aryl methyl sites for hydroxylation is 1. The van der Waals surface area contributed by atoms with Gasteiger partial charge in [0.1, 0.15) is 5.69 Å². The second-order valence-electron chi connectivity index (χ2n) is 7.34. The van der Waals surface area contributed by atoms with Crippen LogP contribution in [0.1, 0.15) is 46.0 Å². The Morgan fingerprint density at radius 3 is 2.66 bits per heavy atom. The zero-order valence-corrected chi connectivity index (χ0v) is 16.6. The van der Waals surface area contributed by atoms with Crippen molar-refractivity contribution in [1.82, 2.24) is 9.97 Å². The average Bonchev–Trinajstić information content (AvgIpc) is 3.03. The van der Waals surface area contributed by atoms with Crippen molar-refractivity contribution in [1.29, 1.82) is 0 Å². The highest BCUT2D eigenvalue weighted by Gasteiger charge is 2.29. The topological polar surface area (TPSA) is 75.2 Å². The van der Waals surface area contributed by atoms with Crippen molar-refractivity contribution in [2.45, 2.75) is 33.2 Å². The summed E-state index contributed by atoms with van der Waals surface area (Å²) in [6.07, 6.45) is 0.910. The predicted octanol–water partition coefficient (Wildman–Crippen LogP) is 4.32. The first kappa shape index (κ1) is 18.8. The summed E-state index contributed by atoms with van der Waals surface area (Å²) in [7, 11) is 0. The highest BCUT2D eigenvalue weighted by Crippen LogP contribution is 2.36. The Hall–Kier alpha value is -3.54. The van der Waals surface area contributed by atoms with Crippen molar-refractivity contribution >= 4 is 29.0 Å². The van der Waals surface area contributed by atoms with Gasteiger partial charge in [-0.15, -0.1) is 0 Å². The number of carbonyl (C=O) groups is 2. The molecule has 0 aliphatic carbocycles. The molecule has 0 fully saturated rings. The van der Waals surface area contributed by atoms with Crippen LogP contribution in [0.15, 0.2) is 54.6 Å². The fourth-order valence-corrected chi connectivity index (χ4v) is 3.66. The quantitative estimate of drug-likeness (QED) is 0.676. The van der Waals surface area contributed by atoms with Crippen molar-refractivity contribution in [3.63, 3.8) is 0 Å². The maximum Gasteiger partial charge on any atom is 0.274 e. The van der Waals surface area contributed by atoms with E-state index < -0.39 is 0 Å². The number of rotatable bonds is 4. The second kappa shape index (κ2) is 7.47. The molecule has 6 heteroatoms. The minimum atomic E-state index is -0.336. The number of Topliss-reactive ketones (excluding diaryl/α,β-unsaturated/α-hetero) is 1. The molecule has 3 aromatic rings. The van der Waals surface area contributed by atoms with E-state index in [1.165, 1.54) is 12.5 Å². The van der Waals surface area contributed by atoms with Crippen LogP contribution in [-0.4, -0.2) is 27.7 Å². The third-order valence-electron chi connectivity index (χ3n) is 5.02. The van der Waals surface area contributed by atoms with E-state index in [1.54, 1.807) is 30.3 Å². The molecule has 6 nitrogen and oxygen atoms in total. The molecule has 1 unspecified atom stereocenters. The summed E-state index contributed by atoms with van der Waals surface area (Å²) < 4.78 is 0. The zero-order chi connectivity index (χ0) is 20.5. The van der Waals surface area contributed by atoms with Gasteiger partial charge in [-0.3, -0.25) is 9.59 Å². The van der Waals surface area contributed by atoms with E-state index in [0.717, 1.165) is 12.1 Å². The lowest BCUT2D eigenvalue weighted by Gasteiger charge is -2.23. The fraction of sp³-hybridized carbons (Fsp3) is 0.217. The third kappa shape index (κ3) is 3.74. The molecular formula is C23H22N4O2. The van der Waals surface area contributed by atoms with Crippen LogP contribution in [-0.2, 0) is 6.42 Å². The van der Waals surface area contributed by atoms with Crippen LogP contribution >= 0.6 is 0 Å². The van der Waals surface area contributed by atoms with Crippen molar-refractivity contribution in [2.24, 2.45) is 0 Å². The Bertz CT molecular complexity index is 1110. The molecule has 1 aliphatic rings. The first-order valence-electron chi connectivity index (χ1n) is 9.57. The van der Waals surface area contributed by atoms with Gasteiger partial charge in [0.25, 0.3) is 5.91 Å². The van der Waals surface area contributed by atoms with E-state index in [0.29, 0.717) is 22.9 Å². The Kier molecular flexibility index (Phi) is 4.84. The summed E-state index contributed by atoms with van der Waals surface area (Å²) in [4.78, 5) is 35.6. The molecule has 0 spiro atoms. The van der Waals surface area contributed by atoms with Crippen molar-refractivity contribution in [3.05, 3.63) is 77.1 Å². The Balaban J connectivity index is 1.65. The summed E-state index contributed by atoms with van der Waals surface area (Å²) in [5.74, 6) is 0.130. The smallest absolute Gasteiger partial charge is 0.274 e. The number of hydrogen-bond donors (Lipinski definition) is 1. The van der Waals surface area contributed by atoms with Gasteiger partial charge in [0.15, 0.2) is 5.78 Å². The van der Waals surface area contributed by atoms with Gasteiger partial charge < -0.3 is 10.2 Å². The van der Waals surface area contributed by atoms with Crippen LogP contribution in [0.2, 0.25) is 0 Å². The monoisotopic (exact) mass is 386 g/mol. The molecule has 146 valence electrons. The highest BCUT2D eigenvalue weighted by atomic mass is 16.2. The normalized spacial score (nSPS) is 15.1. The summed E-state index contributed by atoms with van der Waals surface area (Å²) in [5, 5.41) is 2.83. The first-order valence-corrected chi connectivity index (χ1v) is 9.57. The molecule has 0 radical (unpaired) electrons. The van der Waals surface area contributed by atoms with Crippen molar-refractivity contribution < 1.29 is 9.59 Å². The minimum absolute atomic E-state index is 0.0528. The number of nitrogens with one attached hydrogen (secondary N) is 1. The molecule has 1 aromatic heterocycles. The van der Waals surface area contributed by atoms with Gasteiger partial charge >= 0.3 is 0 Å². The van der Waals surface area contributed by atoms with E-state index in [2.05, 4.69) is 39.2 Å². The Morgan fingerprint density at radius 2 is 1.86 bits per heavy atom. The summed E-state index contributed by atoms with van der Waals surface area (Å²) in [6.45, 7) is 5.47. The lowest BCUT2D eigenvalue weighted by Crippen LogP contribution is -2.27. The molecule has 0 saturated carbocycles. The molecule has 1 aliphatic heterocycles. The molecule has 4 rings (SSSR count). The number of hydrogen-bond acceptors (Lipinski definition) is 5. The molecule has 2 heterocycles. The summed E-state index contributed by atoms with van der Waals surface area (Å²) in [5.41, 5.74) is 4.43. The van der Waals surface area contributed by atoms with E-state index in [4.69, 9.17) is 0 Å². The SMILES string of the molecule is CC(=O)c1cccc(NC(=O)c2cc(C)nc(N3c4ccccc4CC3C)n2)c1. The lowest BCUT2D eigenvalue weighted by molar-refractivity contribution is 0.100. The van der Waals surface area contributed by atoms with Crippen LogP contribution in [0, 0.1) is 6.92 Å². The predicted molar refractivity (Wildman–Crippen MR) is 113 cm³/mol. The number of benzene rings is 2. The van der Waals surface area contributed by atoms with Gasteiger partial charge in [-0.05, 0) is 57.0 Å². The number of carbonyl (C=O) groups excluding carboxylic acids is 2. The van der Waals surface area contributed by atoms with Gasteiger partial charge in [0, 0.05) is 28.7 Å². The largest absolute Gasteiger partial charge is 0.321 e. The number of para-hydroxylation sites is 1. The van der Waals surface area contributed by atoms with Gasteiger partial charge in [-0.25, -0.2) is 9.97 Å². The van der Waals surface area contributed by atoms with Crippen LogP contribution in [0.25, 0.3) is 0 Å². The van der Waals surface area contributed by atoms with Gasteiger partial charge in [0.2, 0.25) is 5.95 Å². The van der Waals surface area contributed by atoms with E-state index in [1.807, 2.05) is 19.1 Å². The standard InChI is InChI=1S/C23H22N4O2/c1-14-11-20(22(29)25-19-9-6-8-17(13-19)16(3)28)26-23(24-14)27-15(2)12-18-7-4-5-10-21(18)27/h4-11,13,15H,12H2,1-3H3,(H,25,29). The maximum absolute atomic E-state index is 12.8. The van der Waals surface area contributed by atoms with Gasteiger partial charge in [-0.1, -0.05) is 30.3 Å². The van der Waals surface area contributed by atoms with Gasteiger partial charge in [-0.2, -0.15) is 0 Å². The van der Waals surface area contributed by atoms with Crippen molar-refractivity contribution in [3.8, 4) is 0 Å². The number of amides is 1. The highest BCUT2D eigenvalue weighted by molar-refractivity contribution is 6.04. The van der Waals surface area contributed by atoms with Gasteiger partial charge in [0.05, 0.1) is 0 Å². The molecule has 29 heavy (non-hydrogen) atoms.